The van der Waals surface area contributed by atoms with Crippen LogP contribution in [0.1, 0.15) is 43.3 Å². The molecule has 0 bridgehead atoms. The normalized spacial score (nSPS) is 16.0. The molecule has 1 atom stereocenters. The molecule has 1 fully saturated rings. The van der Waals surface area contributed by atoms with Crippen molar-refractivity contribution in [1.29, 1.82) is 0 Å². The van der Waals surface area contributed by atoms with Crippen molar-refractivity contribution >= 4 is 32.4 Å². The Morgan fingerprint density at radius 3 is 2.37 bits per heavy atom. The van der Waals surface area contributed by atoms with Crippen LogP contribution in [0, 0.1) is 6.92 Å². The SMILES string of the molecule is CCCc1ccc(S(=O)(=O)N2CCN([C@@H](C)c3nc(Nc4cccc(C)c4)c4ccccc4n3)CC2)cc1. The van der Waals surface area contributed by atoms with Gasteiger partial charge in [-0.2, -0.15) is 4.31 Å². The maximum atomic E-state index is 13.3. The number of fused-ring (bicyclic) bond motifs is 1. The fourth-order valence-corrected chi connectivity index (χ4v) is 6.42. The zero-order chi connectivity index (χ0) is 26.7. The maximum Gasteiger partial charge on any atom is 0.243 e. The van der Waals surface area contributed by atoms with Gasteiger partial charge < -0.3 is 5.32 Å². The van der Waals surface area contributed by atoms with Crippen LogP contribution in [0.4, 0.5) is 11.5 Å². The van der Waals surface area contributed by atoms with Crippen LogP contribution in [0.25, 0.3) is 10.9 Å². The Morgan fingerprint density at radius 2 is 1.66 bits per heavy atom. The van der Waals surface area contributed by atoms with Gasteiger partial charge >= 0.3 is 0 Å². The Morgan fingerprint density at radius 1 is 0.921 bits per heavy atom. The van der Waals surface area contributed by atoms with E-state index in [0.29, 0.717) is 31.1 Å². The summed E-state index contributed by atoms with van der Waals surface area (Å²) in [7, 11) is -3.52. The Labute approximate surface area is 225 Å². The van der Waals surface area contributed by atoms with Gasteiger partial charge in [-0.05, 0) is 67.8 Å². The number of aryl methyl sites for hydroxylation is 2. The molecule has 198 valence electrons. The summed E-state index contributed by atoms with van der Waals surface area (Å²) in [6.07, 6.45) is 1.99. The zero-order valence-corrected chi connectivity index (χ0v) is 23.1. The fraction of sp³-hybridized carbons (Fsp3) is 0.333. The van der Waals surface area contributed by atoms with E-state index in [0.717, 1.165) is 46.6 Å². The number of nitrogens with one attached hydrogen (secondary N) is 1. The minimum absolute atomic E-state index is 0.0594. The van der Waals surface area contributed by atoms with E-state index in [1.165, 1.54) is 5.56 Å². The zero-order valence-electron chi connectivity index (χ0n) is 22.3. The summed E-state index contributed by atoms with van der Waals surface area (Å²) in [5.74, 6) is 1.50. The summed E-state index contributed by atoms with van der Waals surface area (Å²) in [6.45, 7) is 8.39. The lowest BCUT2D eigenvalue weighted by atomic mass is 10.1. The predicted molar refractivity (Wildman–Crippen MR) is 153 cm³/mol. The van der Waals surface area contributed by atoms with Crippen LogP contribution in [0.15, 0.2) is 77.7 Å². The van der Waals surface area contributed by atoms with E-state index in [1.54, 1.807) is 16.4 Å². The number of anilines is 2. The number of benzene rings is 3. The Bertz CT molecular complexity index is 1510. The highest BCUT2D eigenvalue weighted by Crippen LogP contribution is 2.29. The molecule has 2 heterocycles. The molecule has 8 heteroatoms. The van der Waals surface area contributed by atoms with Crippen LogP contribution >= 0.6 is 0 Å². The topological polar surface area (TPSA) is 78.4 Å². The second-order valence-corrected chi connectivity index (χ2v) is 11.9. The van der Waals surface area contributed by atoms with Gasteiger partial charge in [-0.3, -0.25) is 4.90 Å². The number of nitrogens with zero attached hydrogens (tertiary/aromatic N) is 4. The van der Waals surface area contributed by atoms with Gasteiger partial charge in [0.25, 0.3) is 0 Å². The molecule has 38 heavy (non-hydrogen) atoms. The molecular weight excluding hydrogens is 494 g/mol. The lowest BCUT2D eigenvalue weighted by molar-refractivity contribution is 0.141. The molecule has 1 saturated heterocycles. The molecule has 1 aromatic heterocycles. The van der Waals surface area contributed by atoms with E-state index in [-0.39, 0.29) is 6.04 Å². The predicted octanol–water partition coefficient (Wildman–Crippen LogP) is 5.70. The summed E-state index contributed by atoms with van der Waals surface area (Å²) in [6, 6.07) is 23.5. The molecule has 0 aliphatic carbocycles. The van der Waals surface area contributed by atoms with Gasteiger partial charge in [-0.15, -0.1) is 0 Å². The highest BCUT2D eigenvalue weighted by molar-refractivity contribution is 7.89. The van der Waals surface area contributed by atoms with Crippen molar-refractivity contribution in [1.82, 2.24) is 19.2 Å². The van der Waals surface area contributed by atoms with Crippen LogP contribution in [0.3, 0.4) is 0 Å². The first-order valence-electron chi connectivity index (χ1n) is 13.3. The third-order valence-electron chi connectivity index (χ3n) is 7.20. The van der Waals surface area contributed by atoms with Crippen molar-refractivity contribution in [3.8, 4) is 0 Å². The molecule has 1 aliphatic rings. The molecule has 1 N–H and O–H groups in total. The minimum atomic E-state index is -3.52. The third-order valence-corrected chi connectivity index (χ3v) is 9.11. The van der Waals surface area contributed by atoms with Gasteiger partial charge in [-0.1, -0.05) is 49.7 Å². The summed E-state index contributed by atoms with van der Waals surface area (Å²) < 4.78 is 28.1. The molecule has 0 radical (unpaired) electrons. The van der Waals surface area contributed by atoms with E-state index in [9.17, 15) is 8.42 Å². The Kier molecular flexibility index (Phi) is 7.74. The molecule has 3 aromatic carbocycles. The van der Waals surface area contributed by atoms with Crippen molar-refractivity contribution in [2.24, 2.45) is 0 Å². The van der Waals surface area contributed by atoms with E-state index >= 15 is 0 Å². The number of sulfonamides is 1. The van der Waals surface area contributed by atoms with Crippen LogP contribution in [-0.2, 0) is 16.4 Å². The molecule has 5 rings (SSSR count). The quantitative estimate of drug-likeness (QED) is 0.315. The lowest BCUT2D eigenvalue weighted by Gasteiger charge is -2.37. The van der Waals surface area contributed by atoms with Crippen LogP contribution < -0.4 is 5.32 Å². The van der Waals surface area contributed by atoms with Gasteiger partial charge in [0, 0.05) is 37.3 Å². The molecule has 0 spiro atoms. The summed E-state index contributed by atoms with van der Waals surface area (Å²) >= 11 is 0. The minimum Gasteiger partial charge on any atom is -0.340 e. The molecule has 0 unspecified atom stereocenters. The monoisotopic (exact) mass is 529 g/mol. The molecule has 4 aromatic rings. The van der Waals surface area contributed by atoms with Gasteiger partial charge in [-0.25, -0.2) is 18.4 Å². The van der Waals surface area contributed by atoms with Crippen molar-refractivity contribution in [2.75, 3.05) is 31.5 Å². The van der Waals surface area contributed by atoms with Gasteiger partial charge in [0.05, 0.1) is 16.5 Å². The number of piperazine rings is 1. The Balaban J connectivity index is 1.33. The number of hydrogen-bond donors (Lipinski definition) is 1. The number of hydrogen-bond acceptors (Lipinski definition) is 6. The molecule has 1 aliphatic heterocycles. The second kappa shape index (κ2) is 11.2. The van der Waals surface area contributed by atoms with Crippen LogP contribution in [0.2, 0.25) is 0 Å². The summed E-state index contributed by atoms with van der Waals surface area (Å²) in [4.78, 5) is 12.5. The lowest BCUT2D eigenvalue weighted by Crippen LogP contribution is -2.49. The van der Waals surface area contributed by atoms with Crippen molar-refractivity contribution in [2.45, 2.75) is 44.6 Å². The molecule has 0 saturated carbocycles. The first-order valence-corrected chi connectivity index (χ1v) is 14.7. The van der Waals surface area contributed by atoms with Crippen LogP contribution in [0.5, 0.6) is 0 Å². The fourth-order valence-electron chi connectivity index (χ4n) is 5.00. The number of rotatable bonds is 8. The van der Waals surface area contributed by atoms with E-state index in [4.69, 9.17) is 9.97 Å². The average molecular weight is 530 g/mol. The van der Waals surface area contributed by atoms with E-state index in [2.05, 4.69) is 43.1 Å². The first-order chi connectivity index (χ1) is 18.3. The first kappa shape index (κ1) is 26.3. The molecular formula is C30H35N5O2S. The van der Waals surface area contributed by atoms with Gasteiger partial charge in [0.1, 0.15) is 11.6 Å². The Hall–Kier alpha value is -3.33. The van der Waals surface area contributed by atoms with E-state index in [1.807, 2.05) is 48.5 Å². The van der Waals surface area contributed by atoms with Gasteiger partial charge in [0.15, 0.2) is 0 Å². The maximum absolute atomic E-state index is 13.3. The summed E-state index contributed by atoms with van der Waals surface area (Å²) in [5, 5.41) is 4.45. The van der Waals surface area contributed by atoms with E-state index < -0.39 is 10.0 Å². The summed E-state index contributed by atoms with van der Waals surface area (Å²) in [5.41, 5.74) is 4.20. The van der Waals surface area contributed by atoms with Gasteiger partial charge in [0.2, 0.25) is 10.0 Å². The standard InChI is InChI=1S/C30H35N5O2S/c1-4-8-24-13-15-26(16-14-24)38(36,37)35-19-17-34(18-20-35)23(3)29-32-28-12-6-5-11-27(28)30(33-29)31-25-10-7-9-22(2)21-25/h5-7,9-16,21,23H,4,8,17-20H2,1-3H3,(H,31,32,33)/t23-/m0/s1. The molecule has 0 amide bonds. The van der Waals surface area contributed by atoms with Crippen molar-refractivity contribution in [3.63, 3.8) is 0 Å². The number of aromatic nitrogens is 2. The highest BCUT2D eigenvalue weighted by Gasteiger charge is 2.31. The number of para-hydroxylation sites is 1. The van der Waals surface area contributed by atoms with Crippen LogP contribution in [-0.4, -0.2) is 53.8 Å². The smallest absolute Gasteiger partial charge is 0.243 e. The van der Waals surface area contributed by atoms with Crippen molar-refractivity contribution in [3.05, 3.63) is 89.7 Å². The largest absolute Gasteiger partial charge is 0.340 e. The van der Waals surface area contributed by atoms with Crippen molar-refractivity contribution < 1.29 is 8.42 Å². The highest BCUT2D eigenvalue weighted by atomic mass is 32.2. The molecule has 7 nitrogen and oxygen atoms in total. The second-order valence-electron chi connectivity index (χ2n) is 9.95. The third kappa shape index (κ3) is 5.57. The average Bonchev–Trinajstić information content (AvgIpc) is 2.93.